The summed E-state index contributed by atoms with van der Waals surface area (Å²) in [5, 5.41) is 2.80. The van der Waals surface area contributed by atoms with Crippen molar-refractivity contribution in [2.45, 2.75) is 20.4 Å². The van der Waals surface area contributed by atoms with Crippen LogP contribution in [-0.4, -0.2) is 39.3 Å². The van der Waals surface area contributed by atoms with Crippen LogP contribution in [0, 0.1) is 6.92 Å². The van der Waals surface area contributed by atoms with E-state index in [1.807, 2.05) is 0 Å². The highest BCUT2D eigenvalue weighted by atomic mass is 32.2. The number of benzene rings is 2. The van der Waals surface area contributed by atoms with Crippen LogP contribution < -0.4 is 19.5 Å². The number of para-hydroxylation sites is 1. The largest absolute Gasteiger partial charge is 0.497 e. The molecule has 10 heteroatoms. The SMILES string of the molecule is CCS(=O)(=O)Nc1ccccc1-c1nc(CNC(=O)c2cc(OC)ccc2OC)c(C)o1. The lowest BCUT2D eigenvalue weighted by atomic mass is 10.1. The first-order valence-electron chi connectivity index (χ1n) is 9.84. The van der Waals surface area contributed by atoms with Gasteiger partial charge in [0, 0.05) is 0 Å². The average Bonchev–Trinajstić information content (AvgIpc) is 3.17. The number of rotatable bonds is 9. The van der Waals surface area contributed by atoms with E-state index in [0.29, 0.717) is 39.8 Å². The number of oxazole rings is 1. The first-order chi connectivity index (χ1) is 15.3. The molecule has 0 bridgehead atoms. The number of hydrogen-bond acceptors (Lipinski definition) is 7. The van der Waals surface area contributed by atoms with Gasteiger partial charge in [-0.2, -0.15) is 0 Å². The number of anilines is 1. The number of hydrogen-bond donors (Lipinski definition) is 2. The van der Waals surface area contributed by atoms with Gasteiger partial charge in [0.2, 0.25) is 15.9 Å². The Bertz CT molecular complexity index is 1220. The fourth-order valence-corrected chi connectivity index (χ4v) is 3.61. The summed E-state index contributed by atoms with van der Waals surface area (Å²) in [6, 6.07) is 11.8. The van der Waals surface area contributed by atoms with E-state index in [9.17, 15) is 13.2 Å². The summed E-state index contributed by atoms with van der Waals surface area (Å²) < 4.78 is 42.8. The summed E-state index contributed by atoms with van der Waals surface area (Å²) in [6.45, 7) is 3.39. The number of nitrogens with one attached hydrogen (secondary N) is 2. The molecule has 3 aromatic rings. The van der Waals surface area contributed by atoms with E-state index in [1.165, 1.54) is 14.2 Å². The number of sulfonamides is 1. The highest BCUT2D eigenvalue weighted by Crippen LogP contribution is 2.30. The number of aryl methyl sites for hydroxylation is 1. The zero-order valence-electron chi connectivity index (χ0n) is 18.3. The second-order valence-electron chi connectivity index (χ2n) is 6.82. The molecule has 0 radical (unpaired) electrons. The van der Waals surface area contributed by atoms with Crippen LogP contribution in [0.3, 0.4) is 0 Å². The molecule has 3 rings (SSSR count). The molecule has 0 aliphatic carbocycles. The highest BCUT2D eigenvalue weighted by Gasteiger charge is 2.19. The summed E-state index contributed by atoms with van der Waals surface area (Å²) in [4.78, 5) is 17.2. The summed E-state index contributed by atoms with van der Waals surface area (Å²) in [6.07, 6.45) is 0. The Labute approximate surface area is 186 Å². The molecular formula is C22H25N3O6S. The van der Waals surface area contributed by atoms with Crippen LogP contribution in [0.5, 0.6) is 11.5 Å². The average molecular weight is 460 g/mol. The maximum absolute atomic E-state index is 12.7. The fourth-order valence-electron chi connectivity index (χ4n) is 2.96. The van der Waals surface area contributed by atoms with Gasteiger partial charge in [-0.15, -0.1) is 0 Å². The number of carbonyl (C=O) groups excluding carboxylic acids is 1. The molecule has 1 amide bonds. The molecule has 170 valence electrons. The number of ether oxygens (including phenoxy) is 2. The number of carbonyl (C=O) groups is 1. The predicted octanol–water partition coefficient (Wildman–Crippen LogP) is 3.36. The molecule has 1 heterocycles. The van der Waals surface area contributed by atoms with E-state index in [-0.39, 0.29) is 24.1 Å². The molecule has 0 aliphatic heterocycles. The topological polar surface area (TPSA) is 120 Å². The van der Waals surface area contributed by atoms with Crippen molar-refractivity contribution in [1.29, 1.82) is 0 Å². The van der Waals surface area contributed by atoms with Crippen molar-refractivity contribution in [2.75, 3.05) is 24.7 Å². The van der Waals surface area contributed by atoms with Gasteiger partial charge < -0.3 is 19.2 Å². The smallest absolute Gasteiger partial charge is 0.255 e. The molecule has 0 aliphatic rings. The monoisotopic (exact) mass is 459 g/mol. The van der Waals surface area contributed by atoms with Crippen LogP contribution in [0.25, 0.3) is 11.5 Å². The van der Waals surface area contributed by atoms with E-state index in [2.05, 4.69) is 15.0 Å². The molecule has 32 heavy (non-hydrogen) atoms. The Morgan fingerprint density at radius 3 is 2.56 bits per heavy atom. The van der Waals surface area contributed by atoms with Crippen LogP contribution in [0.4, 0.5) is 5.69 Å². The van der Waals surface area contributed by atoms with Crippen molar-refractivity contribution in [1.82, 2.24) is 10.3 Å². The third-order valence-corrected chi connectivity index (χ3v) is 6.05. The Kier molecular flexibility index (Phi) is 7.04. The fraction of sp³-hybridized carbons (Fsp3) is 0.273. The van der Waals surface area contributed by atoms with Gasteiger partial charge in [-0.3, -0.25) is 9.52 Å². The van der Waals surface area contributed by atoms with E-state index in [1.54, 1.807) is 56.3 Å². The van der Waals surface area contributed by atoms with Gasteiger partial charge in [0.15, 0.2) is 0 Å². The van der Waals surface area contributed by atoms with Crippen molar-refractivity contribution in [3.05, 3.63) is 59.5 Å². The Morgan fingerprint density at radius 2 is 1.88 bits per heavy atom. The molecule has 2 N–H and O–H groups in total. The molecule has 0 saturated carbocycles. The summed E-state index contributed by atoms with van der Waals surface area (Å²) in [7, 11) is -0.470. The molecule has 1 aromatic heterocycles. The van der Waals surface area contributed by atoms with Crippen LogP contribution >= 0.6 is 0 Å². The van der Waals surface area contributed by atoms with Crippen molar-refractivity contribution >= 4 is 21.6 Å². The number of methoxy groups -OCH3 is 2. The molecule has 0 fully saturated rings. The molecule has 0 spiro atoms. The zero-order valence-corrected chi connectivity index (χ0v) is 19.1. The normalized spacial score (nSPS) is 11.1. The van der Waals surface area contributed by atoms with Gasteiger partial charge in [-0.1, -0.05) is 12.1 Å². The van der Waals surface area contributed by atoms with Gasteiger partial charge in [0.05, 0.1) is 43.3 Å². The minimum atomic E-state index is -3.47. The van der Waals surface area contributed by atoms with Gasteiger partial charge in [0.1, 0.15) is 23.0 Å². The van der Waals surface area contributed by atoms with Gasteiger partial charge in [-0.05, 0) is 44.2 Å². The number of nitrogens with zero attached hydrogens (tertiary/aromatic N) is 1. The molecule has 0 unspecified atom stereocenters. The van der Waals surface area contributed by atoms with Crippen LogP contribution in [0.1, 0.15) is 28.7 Å². The van der Waals surface area contributed by atoms with Crippen molar-refractivity contribution < 1.29 is 27.1 Å². The van der Waals surface area contributed by atoms with Crippen LogP contribution in [-0.2, 0) is 16.6 Å². The lowest BCUT2D eigenvalue weighted by Crippen LogP contribution is -2.24. The van der Waals surface area contributed by atoms with Gasteiger partial charge in [0.25, 0.3) is 5.91 Å². The molecule has 0 saturated heterocycles. The van der Waals surface area contributed by atoms with Crippen molar-refractivity contribution in [3.63, 3.8) is 0 Å². The standard InChI is InChI=1S/C22H25N3O6S/c1-5-32(27,28)25-18-9-7-6-8-16(18)22-24-19(14(2)31-22)13-23-21(26)17-12-15(29-3)10-11-20(17)30-4/h6-12,25H,5,13H2,1-4H3,(H,23,26). The van der Waals surface area contributed by atoms with Crippen LogP contribution in [0.2, 0.25) is 0 Å². The summed E-state index contributed by atoms with van der Waals surface area (Å²) in [5.41, 5.74) is 1.71. The minimum Gasteiger partial charge on any atom is -0.497 e. The third kappa shape index (κ3) is 5.20. The predicted molar refractivity (Wildman–Crippen MR) is 120 cm³/mol. The second-order valence-corrected chi connectivity index (χ2v) is 8.83. The maximum atomic E-state index is 12.7. The number of amides is 1. The Morgan fingerprint density at radius 1 is 1.12 bits per heavy atom. The summed E-state index contributed by atoms with van der Waals surface area (Å²) in [5.74, 6) is 1.28. The lowest BCUT2D eigenvalue weighted by Gasteiger charge is -2.10. The molecular weight excluding hydrogens is 434 g/mol. The van der Waals surface area contributed by atoms with E-state index in [0.717, 1.165) is 0 Å². The van der Waals surface area contributed by atoms with Gasteiger partial charge in [-0.25, -0.2) is 13.4 Å². The van der Waals surface area contributed by atoms with Crippen LogP contribution in [0.15, 0.2) is 46.9 Å². The molecule has 0 atom stereocenters. The molecule has 9 nitrogen and oxygen atoms in total. The molecule has 2 aromatic carbocycles. The minimum absolute atomic E-state index is 0.0586. The highest BCUT2D eigenvalue weighted by molar-refractivity contribution is 7.92. The number of aromatic nitrogens is 1. The zero-order chi connectivity index (χ0) is 23.3. The first kappa shape index (κ1) is 23.1. The maximum Gasteiger partial charge on any atom is 0.255 e. The second kappa shape index (κ2) is 9.73. The summed E-state index contributed by atoms with van der Waals surface area (Å²) >= 11 is 0. The van der Waals surface area contributed by atoms with E-state index in [4.69, 9.17) is 13.9 Å². The van der Waals surface area contributed by atoms with Crippen molar-refractivity contribution in [3.8, 4) is 23.0 Å². The van der Waals surface area contributed by atoms with Crippen molar-refractivity contribution in [2.24, 2.45) is 0 Å². The Balaban J connectivity index is 1.82. The lowest BCUT2D eigenvalue weighted by molar-refractivity contribution is 0.0947. The quantitative estimate of drug-likeness (QED) is 0.503. The van der Waals surface area contributed by atoms with E-state index < -0.39 is 10.0 Å². The Hall–Kier alpha value is -3.53. The van der Waals surface area contributed by atoms with E-state index >= 15 is 0 Å². The van der Waals surface area contributed by atoms with Gasteiger partial charge >= 0.3 is 0 Å². The third-order valence-electron chi connectivity index (χ3n) is 4.76. The first-order valence-corrected chi connectivity index (χ1v) is 11.5.